The molecule has 4 amide bonds. The Morgan fingerprint density at radius 1 is 1.00 bits per heavy atom. The molecule has 2 fully saturated rings. The minimum atomic E-state index is -1.05. The van der Waals surface area contributed by atoms with Crippen molar-refractivity contribution in [1.82, 2.24) is 30.4 Å². The number of H-pyrrole nitrogens is 1. The standard InChI is InChI=1S/C27H43N7O6/c1-15(2)11-19(25(37)33-9-5-7-20(33)26(38)34-10-6-8-21(34)27(39)40)32-23(35)18(12-17-13-29-14-30-17)31-24(36)22(28)16(3)4/h13-16,18-22H,5-12,28H2,1-4H3,(H,29,30)(H,31,36)(H,32,35)(H,39,40)/t18-,19-,20-,21-,22-/m0/s1. The number of aromatic amines is 1. The lowest BCUT2D eigenvalue weighted by molar-refractivity contribution is -0.152. The van der Waals surface area contributed by atoms with E-state index < -0.39 is 53.9 Å². The highest BCUT2D eigenvalue weighted by molar-refractivity contribution is 5.96. The summed E-state index contributed by atoms with van der Waals surface area (Å²) >= 11 is 0. The molecular formula is C27H43N7O6. The van der Waals surface area contributed by atoms with E-state index in [2.05, 4.69) is 20.6 Å². The molecular weight excluding hydrogens is 518 g/mol. The third-order valence-corrected chi connectivity index (χ3v) is 7.60. The third kappa shape index (κ3) is 7.58. The van der Waals surface area contributed by atoms with Crippen LogP contribution in [0.15, 0.2) is 12.5 Å². The van der Waals surface area contributed by atoms with Gasteiger partial charge >= 0.3 is 5.97 Å². The Labute approximate surface area is 234 Å². The quantitative estimate of drug-likeness (QED) is 0.236. The number of hydrogen-bond acceptors (Lipinski definition) is 7. The molecule has 13 nitrogen and oxygen atoms in total. The second-order valence-electron chi connectivity index (χ2n) is 11.5. The Morgan fingerprint density at radius 3 is 2.20 bits per heavy atom. The molecule has 5 atom stereocenters. The first-order valence-corrected chi connectivity index (χ1v) is 14.1. The van der Waals surface area contributed by atoms with E-state index in [9.17, 15) is 29.1 Å². The molecule has 40 heavy (non-hydrogen) atoms. The molecule has 0 spiro atoms. The van der Waals surface area contributed by atoms with Crippen LogP contribution in [0.5, 0.6) is 0 Å². The van der Waals surface area contributed by atoms with E-state index in [0.29, 0.717) is 50.9 Å². The van der Waals surface area contributed by atoms with Crippen molar-refractivity contribution in [2.24, 2.45) is 17.6 Å². The molecule has 2 saturated heterocycles. The first kappa shape index (κ1) is 31.1. The van der Waals surface area contributed by atoms with Gasteiger partial charge in [-0.1, -0.05) is 27.7 Å². The number of carboxylic acid groups (broad SMARTS) is 1. The van der Waals surface area contributed by atoms with Crippen molar-refractivity contribution >= 4 is 29.6 Å². The number of hydrogen-bond donors (Lipinski definition) is 5. The number of rotatable bonds is 12. The van der Waals surface area contributed by atoms with Gasteiger partial charge in [-0.3, -0.25) is 19.2 Å². The van der Waals surface area contributed by atoms with E-state index in [-0.39, 0.29) is 24.2 Å². The van der Waals surface area contributed by atoms with Crippen LogP contribution in [0.1, 0.15) is 65.5 Å². The molecule has 2 aliphatic heterocycles. The van der Waals surface area contributed by atoms with Crippen LogP contribution >= 0.6 is 0 Å². The molecule has 2 aliphatic rings. The molecule has 1 aromatic rings. The van der Waals surface area contributed by atoms with Gasteiger partial charge in [0.1, 0.15) is 24.2 Å². The Morgan fingerprint density at radius 2 is 1.62 bits per heavy atom. The van der Waals surface area contributed by atoms with E-state index in [4.69, 9.17) is 5.73 Å². The van der Waals surface area contributed by atoms with Gasteiger partial charge in [0.05, 0.1) is 12.4 Å². The van der Waals surface area contributed by atoms with E-state index in [1.807, 2.05) is 13.8 Å². The molecule has 13 heteroatoms. The van der Waals surface area contributed by atoms with Crippen molar-refractivity contribution in [1.29, 1.82) is 0 Å². The second kappa shape index (κ2) is 13.7. The zero-order chi connectivity index (χ0) is 29.6. The molecule has 6 N–H and O–H groups in total. The van der Waals surface area contributed by atoms with Crippen LogP contribution in [0, 0.1) is 11.8 Å². The zero-order valence-corrected chi connectivity index (χ0v) is 23.8. The lowest BCUT2D eigenvalue weighted by Gasteiger charge is -2.33. The van der Waals surface area contributed by atoms with Gasteiger partial charge in [0.25, 0.3) is 0 Å². The third-order valence-electron chi connectivity index (χ3n) is 7.60. The maximum Gasteiger partial charge on any atom is 0.326 e. The first-order valence-electron chi connectivity index (χ1n) is 14.1. The minimum absolute atomic E-state index is 0.0380. The predicted molar refractivity (Wildman–Crippen MR) is 146 cm³/mol. The zero-order valence-electron chi connectivity index (χ0n) is 23.8. The largest absolute Gasteiger partial charge is 0.480 e. The van der Waals surface area contributed by atoms with Gasteiger partial charge in [-0.15, -0.1) is 0 Å². The summed E-state index contributed by atoms with van der Waals surface area (Å²) in [6.07, 6.45) is 5.46. The molecule has 0 unspecified atom stereocenters. The number of aliphatic carboxylic acids is 1. The fraction of sp³-hybridized carbons (Fsp3) is 0.704. The summed E-state index contributed by atoms with van der Waals surface area (Å²) in [7, 11) is 0. The van der Waals surface area contributed by atoms with E-state index in [1.54, 1.807) is 20.0 Å². The average molecular weight is 562 g/mol. The van der Waals surface area contributed by atoms with Crippen LogP contribution in [0.25, 0.3) is 0 Å². The smallest absolute Gasteiger partial charge is 0.326 e. The lowest BCUT2D eigenvalue weighted by Crippen LogP contribution is -2.59. The second-order valence-corrected chi connectivity index (χ2v) is 11.5. The minimum Gasteiger partial charge on any atom is -0.480 e. The topological polar surface area (TPSA) is 191 Å². The molecule has 0 saturated carbocycles. The van der Waals surface area contributed by atoms with Crippen LogP contribution in [-0.4, -0.2) is 97.8 Å². The van der Waals surface area contributed by atoms with Crippen molar-refractivity contribution < 1.29 is 29.1 Å². The van der Waals surface area contributed by atoms with E-state index >= 15 is 0 Å². The average Bonchev–Trinajstić information content (AvgIpc) is 3.67. The fourth-order valence-electron chi connectivity index (χ4n) is 5.33. The van der Waals surface area contributed by atoms with Crippen LogP contribution in [0.3, 0.4) is 0 Å². The fourth-order valence-corrected chi connectivity index (χ4v) is 5.33. The number of carboxylic acids is 1. The van der Waals surface area contributed by atoms with Gasteiger partial charge < -0.3 is 36.3 Å². The Balaban J connectivity index is 1.78. The highest BCUT2D eigenvalue weighted by atomic mass is 16.4. The van der Waals surface area contributed by atoms with Crippen molar-refractivity contribution in [3.8, 4) is 0 Å². The molecule has 222 valence electrons. The van der Waals surface area contributed by atoms with Gasteiger partial charge in [0.2, 0.25) is 23.6 Å². The maximum atomic E-state index is 13.8. The monoisotopic (exact) mass is 561 g/mol. The van der Waals surface area contributed by atoms with Gasteiger partial charge in [0, 0.05) is 31.4 Å². The summed E-state index contributed by atoms with van der Waals surface area (Å²) in [5.41, 5.74) is 6.63. The summed E-state index contributed by atoms with van der Waals surface area (Å²) in [5.74, 6) is -2.94. The Kier molecular flexibility index (Phi) is 10.7. The summed E-state index contributed by atoms with van der Waals surface area (Å²) in [4.78, 5) is 74.9. The van der Waals surface area contributed by atoms with Crippen LogP contribution in [0.2, 0.25) is 0 Å². The normalized spacial score (nSPS) is 21.4. The molecule has 3 rings (SSSR count). The van der Waals surface area contributed by atoms with Crippen molar-refractivity contribution in [3.63, 3.8) is 0 Å². The number of carbonyl (C=O) groups excluding carboxylic acids is 4. The maximum absolute atomic E-state index is 13.8. The number of imidazole rings is 1. The predicted octanol–water partition coefficient (Wildman–Crippen LogP) is 0.0178. The SMILES string of the molecule is CC(C)C[C@H](NC(=O)[C@H](Cc1cnc[nH]1)NC(=O)[C@@H](N)C(C)C)C(=O)N1CCC[C@H]1C(=O)N1CCC[C@H]1C(=O)O. The summed E-state index contributed by atoms with van der Waals surface area (Å²) in [6, 6.07) is -4.43. The van der Waals surface area contributed by atoms with E-state index in [1.165, 1.54) is 16.1 Å². The van der Waals surface area contributed by atoms with E-state index in [0.717, 1.165) is 0 Å². The first-order chi connectivity index (χ1) is 18.9. The number of aromatic nitrogens is 2. The Bertz CT molecular complexity index is 1060. The van der Waals surface area contributed by atoms with Crippen molar-refractivity contribution in [2.45, 2.75) is 96.4 Å². The molecule has 0 bridgehead atoms. The van der Waals surface area contributed by atoms with Gasteiger partial charge in [0.15, 0.2) is 0 Å². The van der Waals surface area contributed by atoms with Crippen molar-refractivity contribution in [2.75, 3.05) is 13.1 Å². The number of nitrogens with one attached hydrogen (secondary N) is 3. The summed E-state index contributed by atoms with van der Waals surface area (Å²) in [6.45, 7) is 8.13. The highest BCUT2D eigenvalue weighted by Crippen LogP contribution is 2.26. The summed E-state index contributed by atoms with van der Waals surface area (Å²) < 4.78 is 0. The van der Waals surface area contributed by atoms with Crippen molar-refractivity contribution in [3.05, 3.63) is 18.2 Å². The molecule has 0 aromatic carbocycles. The number of nitrogens with two attached hydrogens (primary N) is 1. The van der Waals surface area contributed by atoms with Crippen LogP contribution < -0.4 is 16.4 Å². The van der Waals surface area contributed by atoms with Crippen LogP contribution in [-0.2, 0) is 30.4 Å². The highest BCUT2D eigenvalue weighted by Gasteiger charge is 2.44. The molecule has 3 heterocycles. The number of amides is 4. The summed E-state index contributed by atoms with van der Waals surface area (Å²) in [5, 5.41) is 15.1. The van der Waals surface area contributed by atoms with Gasteiger partial charge in [-0.2, -0.15) is 0 Å². The number of carbonyl (C=O) groups is 5. The number of nitrogens with zero attached hydrogens (tertiary/aromatic N) is 3. The van der Waals surface area contributed by atoms with Gasteiger partial charge in [-0.05, 0) is 43.9 Å². The Hall–Kier alpha value is -3.48. The van der Waals surface area contributed by atoms with Crippen LogP contribution in [0.4, 0.5) is 0 Å². The molecule has 0 aliphatic carbocycles. The molecule has 0 radical (unpaired) electrons. The molecule has 1 aromatic heterocycles. The lowest BCUT2D eigenvalue weighted by atomic mass is 10.0. The number of likely N-dealkylation sites (tertiary alicyclic amines) is 2. The van der Waals surface area contributed by atoms with Gasteiger partial charge in [-0.25, -0.2) is 9.78 Å².